The predicted molar refractivity (Wildman–Crippen MR) is 125 cm³/mol. The van der Waals surface area contributed by atoms with Gasteiger partial charge in [0.2, 0.25) is 5.91 Å². The number of aromatic nitrogens is 2. The van der Waals surface area contributed by atoms with Crippen LogP contribution in [0.15, 0.2) is 41.7 Å². The van der Waals surface area contributed by atoms with Gasteiger partial charge >= 0.3 is 6.09 Å². The van der Waals surface area contributed by atoms with Crippen molar-refractivity contribution in [2.75, 3.05) is 44.0 Å². The molecule has 2 amide bonds. The van der Waals surface area contributed by atoms with E-state index in [9.17, 15) is 9.59 Å². The molecule has 0 saturated carbocycles. The highest BCUT2D eigenvalue weighted by atomic mass is 127. The van der Waals surface area contributed by atoms with Crippen LogP contribution in [0.25, 0.3) is 0 Å². The Kier molecular flexibility index (Phi) is 8.45. The number of carbonyl (C=O) groups is 2. The third-order valence-corrected chi connectivity index (χ3v) is 4.57. The average molecular weight is 527 g/mol. The van der Waals surface area contributed by atoms with Crippen LogP contribution >= 0.6 is 24.0 Å². The van der Waals surface area contributed by atoms with E-state index in [1.807, 2.05) is 30.3 Å². The summed E-state index contributed by atoms with van der Waals surface area (Å²) >= 11 is 0. The van der Waals surface area contributed by atoms with Crippen LogP contribution in [-0.2, 0) is 23.1 Å². The maximum atomic E-state index is 12.6. The molecule has 1 aromatic heterocycles. The maximum absolute atomic E-state index is 12.6. The number of aliphatic imine (C=N–C) groups is 1. The molecule has 3 rings (SSSR count). The minimum atomic E-state index is -0.508. The molecule has 1 aliphatic heterocycles. The van der Waals surface area contributed by atoms with Crippen molar-refractivity contribution in [1.29, 1.82) is 0 Å². The Labute approximate surface area is 192 Å². The number of nitrogens with zero attached hydrogens (tertiary/aromatic N) is 5. The maximum Gasteiger partial charge on any atom is 0.411 e. The van der Waals surface area contributed by atoms with Gasteiger partial charge in [-0.25, -0.2) is 4.79 Å². The van der Waals surface area contributed by atoms with E-state index in [2.05, 4.69) is 25.5 Å². The molecule has 11 heteroatoms. The van der Waals surface area contributed by atoms with E-state index in [-0.39, 0.29) is 36.4 Å². The number of halogens is 1. The molecular weight excluding hydrogens is 501 g/mol. The van der Waals surface area contributed by atoms with E-state index >= 15 is 0 Å². The van der Waals surface area contributed by atoms with E-state index < -0.39 is 6.09 Å². The third-order valence-electron chi connectivity index (χ3n) is 4.57. The number of methoxy groups -OCH3 is 1. The summed E-state index contributed by atoms with van der Waals surface area (Å²) in [6.45, 7) is 2.03. The average Bonchev–Trinajstić information content (AvgIpc) is 3.15. The minimum Gasteiger partial charge on any atom is -0.453 e. The Morgan fingerprint density at radius 3 is 2.57 bits per heavy atom. The van der Waals surface area contributed by atoms with Gasteiger partial charge < -0.3 is 19.9 Å². The van der Waals surface area contributed by atoms with Crippen molar-refractivity contribution in [3.8, 4) is 0 Å². The first-order valence-corrected chi connectivity index (χ1v) is 9.18. The summed E-state index contributed by atoms with van der Waals surface area (Å²) in [6, 6.07) is 7.40. The van der Waals surface area contributed by atoms with Crippen molar-refractivity contribution in [1.82, 2.24) is 20.0 Å². The van der Waals surface area contributed by atoms with Crippen molar-refractivity contribution in [3.05, 3.63) is 42.2 Å². The number of hydrogen-bond donors (Lipinski definition) is 2. The molecule has 0 spiro atoms. The summed E-state index contributed by atoms with van der Waals surface area (Å²) < 4.78 is 6.25. The van der Waals surface area contributed by atoms with Crippen LogP contribution in [-0.4, -0.2) is 66.4 Å². The topological polar surface area (TPSA) is 104 Å². The fourth-order valence-electron chi connectivity index (χ4n) is 3.06. The SMILES string of the molecule is CN=C(NCc1ccc(NC(=O)OC)cc1)N1CCN(c2cnn(C)c2)C(=O)C1.I. The lowest BCUT2D eigenvalue weighted by atomic mass is 10.2. The van der Waals surface area contributed by atoms with Gasteiger partial charge in [0.05, 0.1) is 19.0 Å². The Morgan fingerprint density at radius 2 is 2.00 bits per heavy atom. The number of anilines is 2. The lowest BCUT2D eigenvalue weighted by Gasteiger charge is -2.35. The number of benzene rings is 1. The Hall–Kier alpha value is -2.83. The van der Waals surface area contributed by atoms with Crippen molar-refractivity contribution < 1.29 is 14.3 Å². The molecule has 0 radical (unpaired) electrons. The number of piperazine rings is 1. The lowest BCUT2D eigenvalue weighted by molar-refractivity contribution is -0.120. The van der Waals surface area contributed by atoms with Crippen LogP contribution in [0.1, 0.15) is 5.56 Å². The molecule has 0 bridgehead atoms. The van der Waals surface area contributed by atoms with Gasteiger partial charge in [-0.1, -0.05) is 12.1 Å². The normalized spacial score (nSPS) is 14.2. The van der Waals surface area contributed by atoms with Gasteiger partial charge in [-0.05, 0) is 17.7 Å². The number of aryl methyl sites for hydroxylation is 1. The molecule has 1 aromatic carbocycles. The molecule has 2 aromatic rings. The van der Waals surface area contributed by atoms with E-state index in [1.54, 1.807) is 35.0 Å². The van der Waals surface area contributed by atoms with Crippen LogP contribution in [0.2, 0.25) is 0 Å². The number of amides is 2. The zero-order chi connectivity index (χ0) is 20.8. The van der Waals surface area contributed by atoms with Crippen LogP contribution in [0.5, 0.6) is 0 Å². The number of ether oxygens (including phenoxy) is 1. The van der Waals surface area contributed by atoms with Crippen molar-refractivity contribution in [2.45, 2.75) is 6.54 Å². The van der Waals surface area contributed by atoms with Gasteiger partial charge in [-0.3, -0.25) is 19.8 Å². The van der Waals surface area contributed by atoms with E-state index in [0.29, 0.717) is 31.3 Å². The molecule has 162 valence electrons. The molecule has 2 heterocycles. The highest BCUT2D eigenvalue weighted by Gasteiger charge is 2.27. The van der Waals surface area contributed by atoms with E-state index in [0.717, 1.165) is 11.3 Å². The van der Waals surface area contributed by atoms with E-state index in [1.165, 1.54) is 7.11 Å². The Balaban J connectivity index is 0.00000320. The van der Waals surface area contributed by atoms with Gasteiger partial charge in [0.15, 0.2) is 5.96 Å². The zero-order valence-electron chi connectivity index (χ0n) is 17.2. The second-order valence-electron chi connectivity index (χ2n) is 6.55. The van der Waals surface area contributed by atoms with Crippen molar-refractivity contribution in [2.24, 2.45) is 12.0 Å². The molecule has 1 saturated heterocycles. The summed E-state index contributed by atoms with van der Waals surface area (Å²) in [7, 11) is 4.85. The van der Waals surface area contributed by atoms with Gasteiger partial charge in [0, 0.05) is 45.6 Å². The molecule has 10 nitrogen and oxygen atoms in total. The summed E-state index contributed by atoms with van der Waals surface area (Å²) in [5, 5.41) is 10.0. The molecule has 2 N–H and O–H groups in total. The van der Waals surface area contributed by atoms with Gasteiger partial charge in [0.25, 0.3) is 0 Å². The predicted octanol–water partition coefficient (Wildman–Crippen LogP) is 1.64. The summed E-state index contributed by atoms with van der Waals surface area (Å²) in [4.78, 5) is 31.8. The van der Waals surface area contributed by atoms with Crippen LogP contribution in [0, 0.1) is 0 Å². The Bertz CT molecular complexity index is 898. The van der Waals surface area contributed by atoms with Gasteiger partial charge in [0.1, 0.15) is 6.54 Å². The number of carbonyl (C=O) groups excluding carboxylic acids is 2. The van der Waals surface area contributed by atoms with Gasteiger partial charge in [-0.2, -0.15) is 5.10 Å². The van der Waals surface area contributed by atoms with Crippen molar-refractivity contribution in [3.63, 3.8) is 0 Å². The Morgan fingerprint density at radius 1 is 1.27 bits per heavy atom. The largest absolute Gasteiger partial charge is 0.453 e. The molecule has 0 unspecified atom stereocenters. The second-order valence-corrected chi connectivity index (χ2v) is 6.55. The highest BCUT2D eigenvalue weighted by Crippen LogP contribution is 2.16. The molecule has 1 aliphatic rings. The lowest BCUT2D eigenvalue weighted by Crippen LogP contribution is -2.55. The smallest absolute Gasteiger partial charge is 0.411 e. The zero-order valence-corrected chi connectivity index (χ0v) is 19.5. The summed E-state index contributed by atoms with van der Waals surface area (Å²) in [5.74, 6) is 0.673. The summed E-state index contributed by atoms with van der Waals surface area (Å²) in [6.07, 6.45) is 3.02. The quantitative estimate of drug-likeness (QED) is 0.356. The van der Waals surface area contributed by atoms with Crippen LogP contribution < -0.4 is 15.5 Å². The first-order valence-electron chi connectivity index (χ1n) is 9.18. The van der Waals surface area contributed by atoms with Crippen molar-refractivity contribution >= 4 is 53.3 Å². The standard InChI is InChI=1S/C19H25N7O3.HI/c1-20-18(21-10-14-4-6-15(7-5-14)23-19(28)29-3)25-8-9-26(17(27)13-25)16-11-22-24(2)12-16;/h4-7,11-12H,8-10,13H2,1-3H3,(H,20,21)(H,23,28);1H. The molecular formula is C19H26IN7O3. The van der Waals surface area contributed by atoms with Gasteiger partial charge in [-0.15, -0.1) is 24.0 Å². The van der Waals surface area contributed by atoms with E-state index in [4.69, 9.17) is 0 Å². The highest BCUT2D eigenvalue weighted by molar-refractivity contribution is 14.0. The molecule has 0 aliphatic carbocycles. The number of hydrogen-bond acceptors (Lipinski definition) is 5. The molecule has 1 fully saturated rings. The van der Waals surface area contributed by atoms with Crippen LogP contribution in [0.4, 0.5) is 16.2 Å². The second kappa shape index (κ2) is 10.8. The summed E-state index contributed by atoms with van der Waals surface area (Å²) in [5.41, 5.74) is 2.48. The fraction of sp³-hybridized carbons (Fsp3) is 0.368. The van der Waals surface area contributed by atoms with Crippen LogP contribution in [0.3, 0.4) is 0 Å². The molecule has 0 atom stereocenters. The monoisotopic (exact) mass is 527 g/mol. The third kappa shape index (κ3) is 5.84. The fourth-order valence-corrected chi connectivity index (χ4v) is 3.06. The minimum absolute atomic E-state index is 0. The first kappa shape index (κ1) is 23.4. The number of guanidine groups is 1. The number of nitrogens with one attached hydrogen (secondary N) is 2. The number of rotatable bonds is 4. The molecule has 30 heavy (non-hydrogen) atoms. The first-order chi connectivity index (χ1) is 14.0.